The van der Waals surface area contributed by atoms with Crippen LogP contribution in [0.2, 0.25) is 0 Å². The minimum atomic E-state index is -5.08. The number of alkyl halides is 3. The Morgan fingerprint density at radius 1 is 1.00 bits per heavy atom. The maximum atomic E-state index is 13.9. The van der Waals surface area contributed by atoms with Crippen molar-refractivity contribution < 1.29 is 32.9 Å². The smallest absolute Gasteiger partial charge is 0.419 e. The highest BCUT2D eigenvalue weighted by Gasteiger charge is 2.62. The molecular weight excluding hydrogens is 541 g/mol. The molecule has 0 aromatic heterocycles. The van der Waals surface area contributed by atoms with E-state index in [1.54, 1.807) is 18.2 Å². The van der Waals surface area contributed by atoms with Crippen molar-refractivity contribution in [2.45, 2.75) is 129 Å². The molecule has 0 saturated heterocycles. The standard InChI is InChI=1S/C35H51F3O4/c1-5-33(40)21-20-31(3)25(22-33)13-14-26-28-16-15-27(32(28,4)19-17-29(26)31)23(2)10-9-18-34(41,35(36,37)38)42-30(39)24-11-7-6-8-12-24/h6-8,11-12,23,25-29,40-41H,5,9-10,13-22H2,1-4H3/t23-,25+,26+,27-,28+,29+,31+,32-,33+,34-/m1/s1. The van der Waals surface area contributed by atoms with E-state index in [1.165, 1.54) is 37.8 Å². The number of rotatable bonds is 8. The van der Waals surface area contributed by atoms with Crippen molar-refractivity contribution in [1.29, 1.82) is 0 Å². The normalized spacial score (nSPS) is 40.3. The first kappa shape index (κ1) is 31.8. The van der Waals surface area contributed by atoms with Crippen molar-refractivity contribution in [2.24, 2.45) is 46.3 Å². The second-order valence-electron chi connectivity index (χ2n) is 15.1. The third kappa shape index (κ3) is 5.55. The van der Waals surface area contributed by atoms with Gasteiger partial charge in [0.1, 0.15) is 0 Å². The molecule has 4 saturated carbocycles. The number of hydrogen-bond acceptors (Lipinski definition) is 4. The summed E-state index contributed by atoms with van der Waals surface area (Å²) in [5.74, 6) is -1.37. The van der Waals surface area contributed by atoms with E-state index in [9.17, 15) is 28.2 Å². The average molecular weight is 593 g/mol. The molecule has 236 valence electrons. The molecule has 2 N–H and O–H groups in total. The summed E-state index contributed by atoms with van der Waals surface area (Å²) in [6, 6.07) is 7.49. The summed E-state index contributed by atoms with van der Waals surface area (Å²) in [7, 11) is 0. The first-order valence-electron chi connectivity index (χ1n) is 16.5. The second kappa shape index (κ2) is 11.4. The predicted molar refractivity (Wildman–Crippen MR) is 156 cm³/mol. The fourth-order valence-corrected chi connectivity index (χ4v) is 10.5. The Kier molecular flexibility index (Phi) is 8.63. The van der Waals surface area contributed by atoms with Gasteiger partial charge in [0.15, 0.2) is 0 Å². The molecule has 1 aromatic carbocycles. The van der Waals surface area contributed by atoms with Gasteiger partial charge < -0.3 is 14.9 Å². The molecule has 0 heterocycles. The van der Waals surface area contributed by atoms with Crippen molar-refractivity contribution in [3.8, 4) is 0 Å². The molecule has 42 heavy (non-hydrogen) atoms. The summed E-state index contributed by atoms with van der Waals surface area (Å²) in [6.07, 6.45) is 5.83. The van der Waals surface area contributed by atoms with Gasteiger partial charge in [0.05, 0.1) is 11.2 Å². The molecule has 4 aliphatic rings. The largest absolute Gasteiger partial charge is 0.455 e. The maximum Gasteiger partial charge on any atom is 0.455 e. The molecular formula is C35H51F3O4. The van der Waals surface area contributed by atoms with Gasteiger partial charge in [0, 0.05) is 6.42 Å². The molecule has 5 rings (SSSR count). The molecule has 0 aliphatic heterocycles. The van der Waals surface area contributed by atoms with Crippen LogP contribution in [0.25, 0.3) is 0 Å². The maximum absolute atomic E-state index is 13.9. The molecule has 4 aliphatic carbocycles. The van der Waals surface area contributed by atoms with Crippen molar-refractivity contribution in [1.82, 2.24) is 0 Å². The minimum absolute atomic E-state index is 0.0220. The molecule has 4 fully saturated rings. The van der Waals surface area contributed by atoms with Crippen LogP contribution >= 0.6 is 0 Å². The summed E-state index contributed by atoms with van der Waals surface area (Å²) >= 11 is 0. The number of aliphatic hydroxyl groups is 2. The Labute approximate surface area is 249 Å². The van der Waals surface area contributed by atoms with E-state index in [4.69, 9.17) is 4.74 Å². The van der Waals surface area contributed by atoms with Crippen LogP contribution in [0.5, 0.6) is 0 Å². The Morgan fingerprint density at radius 3 is 2.36 bits per heavy atom. The van der Waals surface area contributed by atoms with Crippen LogP contribution in [-0.4, -0.2) is 33.7 Å². The van der Waals surface area contributed by atoms with E-state index in [0.29, 0.717) is 41.4 Å². The molecule has 0 unspecified atom stereocenters. The van der Waals surface area contributed by atoms with Crippen LogP contribution in [0.3, 0.4) is 0 Å². The minimum Gasteiger partial charge on any atom is -0.419 e. The van der Waals surface area contributed by atoms with Crippen molar-refractivity contribution in [3.63, 3.8) is 0 Å². The highest BCUT2D eigenvalue weighted by Crippen LogP contribution is 2.69. The summed E-state index contributed by atoms with van der Waals surface area (Å²) in [6.45, 7) is 9.23. The number of benzene rings is 1. The monoisotopic (exact) mass is 592 g/mol. The number of carbonyl (C=O) groups is 1. The van der Waals surface area contributed by atoms with Crippen LogP contribution in [0.4, 0.5) is 13.2 Å². The van der Waals surface area contributed by atoms with E-state index >= 15 is 0 Å². The molecule has 7 heteroatoms. The number of fused-ring (bicyclic) bond motifs is 5. The molecule has 1 aromatic rings. The van der Waals surface area contributed by atoms with Gasteiger partial charge in [-0.25, -0.2) is 4.79 Å². The van der Waals surface area contributed by atoms with Crippen LogP contribution in [0.1, 0.15) is 122 Å². The summed E-state index contributed by atoms with van der Waals surface area (Å²) in [5.41, 5.74) is -0.0324. The van der Waals surface area contributed by atoms with E-state index in [-0.39, 0.29) is 23.3 Å². The first-order chi connectivity index (χ1) is 19.7. The second-order valence-corrected chi connectivity index (χ2v) is 15.1. The highest BCUT2D eigenvalue weighted by molar-refractivity contribution is 5.89. The molecule has 0 amide bonds. The molecule has 0 spiro atoms. The van der Waals surface area contributed by atoms with Gasteiger partial charge in [-0.15, -0.1) is 0 Å². The Hall–Kier alpha value is -1.60. The van der Waals surface area contributed by atoms with Crippen LogP contribution in [0, 0.1) is 46.3 Å². The summed E-state index contributed by atoms with van der Waals surface area (Å²) < 4.78 is 46.5. The van der Waals surface area contributed by atoms with Crippen molar-refractivity contribution in [3.05, 3.63) is 35.9 Å². The third-order valence-electron chi connectivity index (χ3n) is 13.1. The lowest BCUT2D eigenvalue weighted by molar-refractivity contribution is -0.348. The van der Waals surface area contributed by atoms with Gasteiger partial charge >= 0.3 is 17.9 Å². The number of halogens is 3. The van der Waals surface area contributed by atoms with E-state index in [1.807, 2.05) is 0 Å². The van der Waals surface area contributed by atoms with E-state index in [0.717, 1.165) is 38.5 Å². The fourth-order valence-electron chi connectivity index (χ4n) is 10.5. The van der Waals surface area contributed by atoms with E-state index < -0.39 is 30.0 Å². The van der Waals surface area contributed by atoms with Crippen molar-refractivity contribution >= 4 is 5.97 Å². The lowest BCUT2D eigenvalue weighted by Gasteiger charge is -2.62. The molecule has 0 radical (unpaired) electrons. The van der Waals surface area contributed by atoms with Gasteiger partial charge in [0.25, 0.3) is 0 Å². The number of ether oxygens (including phenoxy) is 1. The number of hydrogen-bond donors (Lipinski definition) is 2. The number of carbonyl (C=O) groups excluding carboxylic acids is 1. The van der Waals surface area contributed by atoms with Gasteiger partial charge in [-0.2, -0.15) is 13.2 Å². The third-order valence-corrected chi connectivity index (χ3v) is 13.1. The average Bonchev–Trinajstić information content (AvgIpc) is 3.30. The Bertz CT molecular complexity index is 1110. The van der Waals surface area contributed by atoms with Gasteiger partial charge in [-0.1, -0.05) is 52.3 Å². The quantitative estimate of drug-likeness (QED) is 0.234. The summed E-state index contributed by atoms with van der Waals surface area (Å²) in [5, 5.41) is 21.6. The van der Waals surface area contributed by atoms with Crippen LogP contribution in [-0.2, 0) is 4.74 Å². The lowest BCUT2D eigenvalue weighted by atomic mass is 9.43. The van der Waals surface area contributed by atoms with Crippen LogP contribution in [0.15, 0.2) is 30.3 Å². The Balaban J connectivity index is 1.21. The van der Waals surface area contributed by atoms with E-state index in [2.05, 4.69) is 27.7 Å². The van der Waals surface area contributed by atoms with Gasteiger partial charge in [-0.3, -0.25) is 0 Å². The fraction of sp³-hybridized carbons (Fsp3) is 0.800. The molecule has 0 bridgehead atoms. The van der Waals surface area contributed by atoms with Crippen LogP contribution < -0.4 is 0 Å². The van der Waals surface area contributed by atoms with Crippen molar-refractivity contribution in [2.75, 3.05) is 0 Å². The summed E-state index contributed by atoms with van der Waals surface area (Å²) in [4.78, 5) is 12.4. The zero-order valence-electron chi connectivity index (χ0n) is 25.9. The number of esters is 1. The van der Waals surface area contributed by atoms with Gasteiger partial charge in [0.2, 0.25) is 0 Å². The SMILES string of the molecule is CC[C@]1(O)CC[C@@]2(C)[C@@H](CC[C@@H]3[C@@H]2CC[C@]2(C)[C@@H]([C@H](C)CCC[C@@](O)(OC(=O)c4ccccc4)C(F)(F)F)CC[C@@H]32)C1. The Morgan fingerprint density at radius 2 is 1.69 bits per heavy atom. The first-order valence-corrected chi connectivity index (χ1v) is 16.5. The zero-order valence-corrected chi connectivity index (χ0v) is 25.9. The topological polar surface area (TPSA) is 66.8 Å². The molecule has 4 nitrogen and oxygen atoms in total. The van der Waals surface area contributed by atoms with Gasteiger partial charge in [-0.05, 0) is 129 Å². The molecule has 10 atom stereocenters. The highest BCUT2D eigenvalue weighted by atomic mass is 19.4. The lowest BCUT2D eigenvalue weighted by Crippen LogP contribution is -2.56. The zero-order chi connectivity index (χ0) is 30.6. The predicted octanol–water partition coefficient (Wildman–Crippen LogP) is 8.70.